The lowest BCUT2D eigenvalue weighted by Crippen LogP contribution is -2.01. The topological polar surface area (TPSA) is 60.9 Å². The van der Waals surface area contributed by atoms with Crippen LogP contribution in [0, 0.1) is 5.82 Å². The molecule has 5 nitrogen and oxygen atoms in total. The molecule has 0 unspecified atom stereocenters. The third kappa shape index (κ3) is 3.27. The van der Waals surface area contributed by atoms with E-state index in [9.17, 15) is 9.18 Å². The summed E-state index contributed by atoms with van der Waals surface area (Å²) in [5.74, 6) is 0.892. The van der Waals surface area contributed by atoms with Crippen molar-refractivity contribution in [2.24, 2.45) is 7.05 Å². The SMILES string of the molecule is Cn1c(SCc2cc(=O)oc3ccc4ccccc4c23)nnc1-c1ccc(F)cc1. The molecule has 0 bridgehead atoms. The molecule has 0 N–H and O–H groups in total. The minimum atomic E-state index is -0.377. The number of nitrogens with zero attached hydrogens (tertiary/aromatic N) is 3. The van der Waals surface area contributed by atoms with Crippen LogP contribution in [0.15, 0.2) is 81.1 Å². The summed E-state index contributed by atoms with van der Waals surface area (Å²) in [6.45, 7) is 0. The molecular formula is C23H16FN3O2S. The zero-order valence-electron chi connectivity index (χ0n) is 16.0. The largest absolute Gasteiger partial charge is 0.423 e. The van der Waals surface area contributed by atoms with Crippen molar-refractivity contribution in [1.29, 1.82) is 0 Å². The van der Waals surface area contributed by atoms with Gasteiger partial charge in [-0.15, -0.1) is 10.2 Å². The van der Waals surface area contributed by atoms with Gasteiger partial charge < -0.3 is 8.98 Å². The maximum absolute atomic E-state index is 13.2. The molecule has 0 saturated carbocycles. The molecule has 0 saturated heterocycles. The summed E-state index contributed by atoms with van der Waals surface area (Å²) in [4.78, 5) is 12.1. The fraction of sp³-hybridized carbons (Fsp3) is 0.0870. The second kappa shape index (κ2) is 7.42. The number of benzene rings is 3. The first-order chi connectivity index (χ1) is 14.6. The lowest BCUT2D eigenvalue weighted by Gasteiger charge is -2.09. The number of aromatic nitrogens is 3. The maximum atomic E-state index is 13.2. The smallest absolute Gasteiger partial charge is 0.336 e. The number of halogens is 1. The van der Waals surface area contributed by atoms with E-state index in [0.29, 0.717) is 22.3 Å². The Hall–Kier alpha value is -3.45. The predicted octanol–water partition coefficient (Wildman–Crippen LogP) is 5.17. The van der Waals surface area contributed by atoms with Gasteiger partial charge in [-0.2, -0.15) is 0 Å². The van der Waals surface area contributed by atoms with Crippen LogP contribution in [0.5, 0.6) is 0 Å². The third-order valence-corrected chi connectivity index (χ3v) is 6.08. The molecule has 0 aliphatic rings. The highest BCUT2D eigenvalue weighted by Gasteiger charge is 2.14. The maximum Gasteiger partial charge on any atom is 0.336 e. The van der Waals surface area contributed by atoms with Gasteiger partial charge >= 0.3 is 5.63 Å². The van der Waals surface area contributed by atoms with Gasteiger partial charge in [-0.05, 0) is 46.7 Å². The molecule has 5 aromatic rings. The molecule has 0 spiro atoms. The molecule has 5 rings (SSSR count). The fourth-order valence-corrected chi connectivity index (χ4v) is 4.46. The van der Waals surface area contributed by atoms with Gasteiger partial charge in [0.05, 0.1) is 0 Å². The van der Waals surface area contributed by atoms with Crippen LogP contribution < -0.4 is 5.63 Å². The molecule has 3 aromatic carbocycles. The first kappa shape index (κ1) is 18.6. The van der Waals surface area contributed by atoms with Gasteiger partial charge in [0.15, 0.2) is 11.0 Å². The summed E-state index contributed by atoms with van der Waals surface area (Å²) < 4.78 is 20.5. The number of hydrogen-bond donors (Lipinski definition) is 0. The number of fused-ring (bicyclic) bond motifs is 3. The van der Waals surface area contributed by atoms with Crippen molar-refractivity contribution in [3.63, 3.8) is 0 Å². The highest BCUT2D eigenvalue weighted by atomic mass is 32.2. The fourth-order valence-electron chi connectivity index (χ4n) is 3.57. The number of thioether (sulfide) groups is 1. The number of rotatable bonds is 4. The molecule has 0 aliphatic heterocycles. The quantitative estimate of drug-likeness (QED) is 0.229. The molecule has 7 heteroatoms. The Morgan fingerprint density at radius 1 is 1.03 bits per heavy atom. The van der Waals surface area contributed by atoms with Crippen LogP contribution in [0.25, 0.3) is 33.1 Å². The summed E-state index contributed by atoms with van der Waals surface area (Å²) in [6.07, 6.45) is 0. The van der Waals surface area contributed by atoms with E-state index in [0.717, 1.165) is 27.3 Å². The zero-order chi connectivity index (χ0) is 20.7. The highest BCUT2D eigenvalue weighted by Crippen LogP contribution is 2.31. The van der Waals surface area contributed by atoms with E-state index in [4.69, 9.17) is 4.42 Å². The van der Waals surface area contributed by atoms with Crippen molar-refractivity contribution < 1.29 is 8.81 Å². The van der Waals surface area contributed by atoms with Crippen LogP contribution in [-0.2, 0) is 12.8 Å². The Labute approximate surface area is 175 Å². The Morgan fingerprint density at radius 2 is 1.83 bits per heavy atom. The molecule has 148 valence electrons. The van der Waals surface area contributed by atoms with Gasteiger partial charge in [-0.1, -0.05) is 42.1 Å². The summed E-state index contributed by atoms with van der Waals surface area (Å²) in [5, 5.41) is 12.3. The van der Waals surface area contributed by atoms with E-state index in [1.54, 1.807) is 18.2 Å². The minimum absolute atomic E-state index is 0.294. The second-order valence-corrected chi connectivity index (χ2v) is 7.85. The van der Waals surface area contributed by atoms with Crippen LogP contribution >= 0.6 is 11.8 Å². The van der Waals surface area contributed by atoms with Gasteiger partial charge in [0.2, 0.25) is 0 Å². The summed E-state index contributed by atoms with van der Waals surface area (Å²) in [7, 11) is 1.87. The van der Waals surface area contributed by atoms with E-state index in [2.05, 4.69) is 10.2 Å². The van der Waals surface area contributed by atoms with Crippen molar-refractivity contribution >= 4 is 33.5 Å². The van der Waals surface area contributed by atoms with Crippen molar-refractivity contribution in [3.8, 4) is 11.4 Å². The van der Waals surface area contributed by atoms with E-state index in [-0.39, 0.29) is 11.4 Å². The Balaban J connectivity index is 1.52. The van der Waals surface area contributed by atoms with Crippen LogP contribution in [0.4, 0.5) is 4.39 Å². The van der Waals surface area contributed by atoms with Crippen molar-refractivity contribution in [1.82, 2.24) is 14.8 Å². The Morgan fingerprint density at radius 3 is 2.67 bits per heavy atom. The standard InChI is InChI=1S/C23H16FN3O2S/c1-27-22(15-6-9-17(24)10-7-15)25-26-23(27)30-13-16-12-20(28)29-19-11-8-14-4-2-3-5-18(14)21(16)19/h2-12H,13H2,1H3. The van der Waals surface area contributed by atoms with Gasteiger partial charge in [0.1, 0.15) is 11.4 Å². The van der Waals surface area contributed by atoms with Gasteiger partial charge in [-0.25, -0.2) is 9.18 Å². The van der Waals surface area contributed by atoms with E-state index in [1.165, 1.54) is 23.9 Å². The molecule has 0 amide bonds. The molecule has 0 fully saturated rings. The number of hydrogen-bond acceptors (Lipinski definition) is 5. The van der Waals surface area contributed by atoms with Crippen molar-refractivity contribution in [2.45, 2.75) is 10.9 Å². The van der Waals surface area contributed by atoms with Crippen molar-refractivity contribution in [3.05, 3.63) is 88.5 Å². The first-order valence-corrected chi connectivity index (χ1v) is 10.3. The highest BCUT2D eigenvalue weighted by molar-refractivity contribution is 7.98. The van der Waals surface area contributed by atoms with Crippen LogP contribution in [-0.4, -0.2) is 14.8 Å². The lowest BCUT2D eigenvalue weighted by atomic mass is 10.0. The average molecular weight is 417 g/mol. The van der Waals surface area contributed by atoms with E-state index < -0.39 is 0 Å². The predicted molar refractivity (Wildman–Crippen MR) is 116 cm³/mol. The molecule has 0 radical (unpaired) electrons. The molecule has 2 aromatic heterocycles. The summed E-state index contributed by atoms with van der Waals surface area (Å²) in [5.41, 5.74) is 1.87. The summed E-state index contributed by atoms with van der Waals surface area (Å²) >= 11 is 1.49. The minimum Gasteiger partial charge on any atom is -0.423 e. The van der Waals surface area contributed by atoms with Crippen molar-refractivity contribution in [2.75, 3.05) is 0 Å². The second-order valence-electron chi connectivity index (χ2n) is 6.91. The van der Waals surface area contributed by atoms with E-state index in [1.807, 2.05) is 48.0 Å². The molecule has 30 heavy (non-hydrogen) atoms. The Kier molecular flexibility index (Phi) is 4.59. The van der Waals surface area contributed by atoms with Gasteiger partial charge in [0, 0.05) is 29.8 Å². The lowest BCUT2D eigenvalue weighted by molar-refractivity contribution is 0.560. The molecule has 0 aliphatic carbocycles. The van der Waals surface area contributed by atoms with Crippen LogP contribution in [0.3, 0.4) is 0 Å². The molecule has 0 atom stereocenters. The van der Waals surface area contributed by atoms with Crippen LogP contribution in [0.2, 0.25) is 0 Å². The molecular weight excluding hydrogens is 401 g/mol. The zero-order valence-corrected chi connectivity index (χ0v) is 16.8. The first-order valence-electron chi connectivity index (χ1n) is 9.33. The average Bonchev–Trinajstić information content (AvgIpc) is 3.12. The third-order valence-electron chi connectivity index (χ3n) is 5.01. The van der Waals surface area contributed by atoms with E-state index >= 15 is 0 Å². The molecule has 2 heterocycles. The normalized spacial score (nSPS) is 11.4. The van der Waals surface area contributed by atoms with Crippen LogP contribution in [0.1, 0.15) is 5.56 Å². The summed E-state index contributed by atoms with van der Waals surface area (Å²) in [6, 6.07) is 19.5. The van der Waals surface area contributed by atoms with Gasteiger partial charge in [0.25, 0.3) is 0 Å². The van der Waals surface area contributed by atoms with Gasteiger partial charge in [-0.3, -0.25) is 0 Å². The Bertz CT molecular complexity index is 1440. The monoisotopic (exact) mass is 417 g/mol.